The average molecular weight is 343 g/mol. The van der Waals surface area contributed by atoms with Crippen LogP contribution in [0.15, 0.2) is 53.6 Å². The maximum absolute atomic E-state index is 5.32. The fourth-order valence-corrected chi connectivity index (χ4v) is 2.45. The zero-order valence-corrected chi connectivity index (χ0v) is 14.8. The van der Waals surface area contributed by atoms with Gasteiger partial charge in [-0.1, -0.05) is 36.4 Å². The minimum Gasteiger partial charge on any atom is -0.496 e. The Balaban J connectivity index is 1.98. The van der Waals surface area contributed by atoms with E-state index in [-0.39, 0.29) is 6.04 Å². The van der Waals surface area contributed by atoms with Gasteiger partial charge >= 0.3 is 0 Å². The number of rotatable bonds is 6. The molecule has 2 N–H and O–H groups in total. The molecular formula is C18H21N3O2S. The van der Waals surface area contributed by atoms with E-state index >= 15 is 0 Å². The van der Waals surface area contributed by atoms with Gasteiger partial charge in [-0.15, -0.1) is 0 Å². The largest absolute Gasteiger partial charge is 0.496 e. The van der Waals surface area contributed by atoms with Gasteiger partial charge in [0.05, 0.1) is 32.0 Å². The van der Waals surface area contributed by atoms with E-state index in [9.17, 15) is 0 Å². The van der Waals surface area contributed by atoms with Gasteiger partial charge in [-0.3, -0.25) is 5.43 Å². The van der Waals surface area contributed by atoms with Crippen LogP contribution in [0.4, 0.5) is 0 Å². The predicted octanol–water partition coefficient (Wildman–Crippen LogP) is 3.26. The molecule has 0 spiro atoms. The van der Waals surface area contributed by atoms with Crippen LogP contribution in [0.2, 0.25) is 0 Å². The van der Waals surface area contributed by atoms with Gasteiger partial charge in [-0.05, 0) is 36.8 Å². The second kappa shape index (κ2) is 8.88. The molecule has 0 aliphatic rings. The Kier molecular flexibility index (Phi) is 6.57. The van der Waals surface area contributed by atoms with Crippen molar-refractivity contribution in [2.75, 3.05) is 14.2 Å². The van der Waals surface area contributed by atoms with E-state index in [0.29, 0.717) is 16.6 Å². The van der Waals surface area contributed by atoms with Crippen LogP contribution in [0, 0.1) is 0 Å². The Hall–Kier alpha value is -2.60. The fourth-order valence-electron chi connectivity index (χ4n) is 2.22. The summed E-state index contributed by atoms with van der Waals surface area (Å²) in [5.74, 6) is 1.35. The molecule has 5 nitrogen and oxygen atoms in total. The van der Waals surface area contributed by atoms with Crippen LogP contribution in [0.25, 0.3) is 0 Å². The standard InChI is InChI=1S/C18H21N3O2S/c1-13(14-8-5-4-6-9-14)20-18(24)21-19-12-15-16(22-2)10-7-11-17(15)23-3/h4-13H,1-3H3,(H2,20,21,24)/b19-12+/t13-/m1/s1. The first kappa shape index (κ1) is 17.7. The molecule has 0 aliphatic carbocycles. The average Bonchev–Trinajstić information content (AvgIpc) is 2.62. The van der Waals surface area contributed by atoms with Gasteiger partial charge in [0.15, 0.2) is 5.11 Å². The number of ether oxygens (including phenoxy) is 2. The fraction of sp³-hybridized carbons (Fsp3) is 0.222. The summed E-state index contributed by atoms with van der Waals surface area (Å²) in [6, 6.07) is 15.7. The zero-order valence-electron chi connectivity index (χ0n) is 13.9. The summed E-state index contributed by atoms with van der Waals surface area (Å²) in [7, 11) is 3.21. The van der Waals surface area contributed by atoms with Crippen molar-refractivity contribution in [3.05, 3.63) is 59.7 Å². The van der Waals surface area contributed by atoms with Crippen molar-refractivity contribution in [3.63, 3.8) is 0 Å². The van der Waals surface area contributed by atoms with Crippen LogP contribution in [0.5, 0.6) is 11.5 Å². The van der Waals surface area contributed by atoms with E-state index in [1.165, 1.54) is 0 Å². The Morgan fingerprint density at radius 2 is 1.67 bits per heavy atom. The lowest BCUT2D eigenvalue weighted by Crippen LogP contribution is -2.34. The molecule has 0 aromatic heterocycles. The van der Waals surface area contributed by atoms with Crippen molar-refractivity contribution in [2.45, 2.75) is 13.0 Å². The molecule has 1 atom stereocenters. The number of nitrogens with zero attached hydrogens (tertiary/aromatic N) is 1. The van der Waals surface area contributed by atoms with E-state index in [2.05, 4.69) is 15.8 Å². The highest BCUT2D eigenvalue weighted by Gasteiger charge is 2.08. The number of hydrazone groups is 1. The summed E-state index contributed by atoms with van der Waals surface area (Å²) in [4.78, 5) is 0. The second-order valence-corrected chi connectivity index (χ2v) is 5.46. The van der Waals surface area contributed by atoms with Gasteiger partial charge < -0.3 is 14.8 Å². The highest BCUT2D eigenvalue weighted by atomic mass is 32.1. The summed E-state index contributed by atoms with van der Waals surface area (Å²) in [6.07, 6.45) is 1.62. The minimum absolute atomic E-state index is 0.0854. The molecule has 2 aromatic carbocycles. The lowest BCUT2D eigenvalue weighted by Gasteiger charge is -2.15. The summed E-state index contributed by atoms with van der Waals surface area (Å²) in [5.41, 5.74) is 4.71. The number of benzene rings is 2. The third-order valence-electron chi connectivity index (χ3n) is 3.47. The smallest absolute Gasteiger partial charge is 0.187 e. The van der Waals surface area contributed by atoms with E-state index < -0.39 is 0 Å². The highest BCUT2D eigenvalue weighted by molar-refractivity contribution is 7.80. The van der Waals surface area contributed by atoms with E-state index in [4.69, 9.17) is 21.7 Å². The molecule has 0 heterocycles. The Morgan fingerprint density at radius 1 is 1.04 bits per heavy atom. The molecule has 0 aliphatic heterocycles. The van der Waals surface area contributed by atoms with Crippen LogP contribution in [-0.4, -0.2) is 25.5 Å². The number of methoxy groups -OCH3 is 2. The van der Waals surface area contributed by atoms with Crippen molar-refractivity contribution in [1.29, 1.82) is 0 Å². The zero-order chi connectivity index (χ0) is 17.4. The molecule has 0 amide bonds. The topological polar surface area (TPSA) is 54.9 Å². The number of thiocarbonyl (C=S) groups is 1. The molecule has 6 heteroatoms. The van der Waals surface area contributed by atoms with Gasteiger partial charge in [-0.2, -0.15) is 5.10 Å². The normalized spacial score (nSPS) is 11.8. The SMILES string of the molecule is COc1cccc(OC)c1/C=N/NC(=S)N[C@H](C)c1ccccc1. The molecule has 2 aromatic rings. The third kappa shape index (κ3) is 4.70. The number of hydrogen-bond acceptors (Lipinski definition) is 4. The van der Waals surface area contributed by atoms with Gasteiger partial charge in [0, 0.05) is 0 Å². The van der Waals surface area contributed by atoms with Crippen LogP contribution < -0.4 is 20.2 Å². The summed E-state index contributed by atoms with van der Waals surface area (Å²) < 4.78 is 10.6. The molecule has 2 rings (SSSR count). The van der Waals surface area contributed by atoms with Crippen molar-refractivity contribution < 1.29 is 9.47 Å². The first-order valence-corrected chi connectivity index (χ1v) is 7.92. The van der Waals surface area contributed by atoms with Gasteiger partial charge in [-0.25, -0.2) is 0 Å². The molecule has 0 bridgehead atoms. The lowest BCUT2D eigenvalue weighted by molar-refractivity contribution is 0.393. The van der Waals surface area contributed by atoms with E-state index in [1.807, 2.05) is 55.5 Å². The van der Waals surface area contributed by atoms with Crippen molar-refractivity contribution in [2.24, 2.45) is 5.10 Å². The van der Waals surface area contributed by atoms with Crippen molar-refractivity contribution in [1.82, 2.24) is 10.7 Å². The molecular weight excluding hydrogens is 322 g/mol. The van der Waals surface area contributed by atoms with Crippen molar-refractivity contribution >= 4 is 23.5 Å². The predicted molar refractivity (Wildman–Crippen MR) is 101 cm³/mol. The lowest BCUT2D eigenvalue weighted by atomic mass is 10.1. The molecule has 126 valence electrons. The minimum atomic E-state index is 0.0854. The van der Waals surface area contributed by atoms with E-state index in [0.717, 1.165) is 11.1 Å². The molecule has 0 saturated heterocycles. The van der Waals surface area contributed by atoms with Gasteiger partial charge in [0.25, 0.3) is 0 Å². The molecule has 0 radical (unpaired) electrons. The van der Waals surface area contributed by atoms with E-state index in [1.54, 1.807) is 20.4 Å². The monoisotopic (exact) mass is 343 g/mol. The number of nitrogens with one attached hydrogen (secondary N) is 2. The maximum Gasteiger partial charge on any atom is 0.187 e. The summed E-state index contributed by atoms with van der Waals surface area (Å²) >= 11 is 5.27. The molecule has 0 fully saturated rings. The molecule has 0 saturated carbocycles. The number of hydrogen-bond donors (Lipinski definition) is 2. The Bertz CT molecular complexity index is 682. The maximum atomic E-state index is 5.32. The highest BCUT2D eigenvalue weighted by Crippen LogP contribution is 2.26. The van der Waals surface area contributed by atoms with Gasteiger partial charge in [0.1, 0.15) is 11.5 Å². The first-order valence-electron chi connectivity index (χ1n) is 7.51. The van der Waals surface area contributed by atoms with Crippen LogP contribution in [-0.2, 0) is 0 Å². The van der Waals surface area contributed by atoms with Crippen LogP contribution in [0.1, 0.15) is 24.1 Å². The Labute approximate surface area is 147 Å². The first-order chi connectivity index (χ1) is 11.7. The second-order valence-electron chi connectivity index (χ2n) is 5.05. The van der Waals surface area contributed by atoms with Crippen LogP contribution >= 0.6 is 12.2 Å². The third-order valence-corrected chi connectivity index (χ3v) is 3.68. The van der Waals surface area contributed by atoms with Crippen LogP contribution in [0.3, 0.4) is 0 Å². The Morgan fingerprint density at radius 3 is 2.25 bits per heavy atom. The summed E-state index contributed by atoms with van der Waals surface area (Å²) in [5, 5.41) is 7.79. The van der Waals surface area contributed by atoms with Gasteiger partial charge in [0.2, 0.25) is 0 Å². The molecule has 24 heavy (non-hydrogen) atoms. The molecule has 0 unspecified atom stereocenters. The van der Waals surface area contributed by atoms with Crippen molar-refractivity contribution in [3.8, 4) is 11.5 Å². The quantitative estimate of drug-likeness (QED) is 0.479. The summed E-state index contributed by atoms with van der Waals surface area (Å²) in [6.45, 7) is 2.04.